The van der Waals surface area contributed by atoms with Crippen molar-refractivity contribution >= 4 is 32.7 Å². The van der Waals surface area contributed by atoms with E-state index in [0.29, 0.717) is 0 Å². The number of fused-ring (bicyclic) bond motifs is 1. The van der Waals surface area contributed by atoms with Gasteiger partial charge in [-0.3, -0.25) is 4.90 Å². The van der Waals surface area contributed by atoms with Crippen molar-refractivity contribution in [2.45, 2.75) is 0 Å². The fraction of sp³-hybridized carbons (Fsp3) is 0.400. The molecule has 0 saturated carbocycles. The second-order valence-electron chi connectivity index (χ2n) is 5.06. The molecule has 1 saturated heterocycles. The minimum atomic E-state index is 0.238. The molecule has 106 valence electrons. The number of aliphatic hydroxyl groups is 1. The molecule has 1 N–H and O–H groups in total. The molecule has 0 radical (unpaired) electrons. The predicted octanol–water partition coefficient (Wildman–Crippen LogP) is 2.11. The SMILES string of the molecule is OCCN1CCN(c2ccc3ccc(Br)cc3n2)CC1. The van der Waals surface area contributed by atoms with Gasteiger partial charge in [0.05, 0.1) is 12.1 Å². The number of β-amino-alcohol motifs (C(OH)–C–C–N with tert-alkyl or cyclic N) is 1. The Morgan fingerprint density at radius 2 is 1.85 bits per heavy atom. The molecule has 1 fully saturated rings. The van der Waals surface area contributed by atoms with E-state index in [4.69, 9.17) is 10.1 Å². The average Bonchev–Trinajstić information content (AvgIpc) is 2.47. The molecule has 0 bridgehead atoms. The number of aliphatic hydroxyl groups excluding tert-OH is 1. The first-order chi connectivity index (χ1) is 9.76. The summed E-state index contributed by atoms with van der Waals surface area (Å²) in [6, 6.07) is 10.4. The van der Waals surface area contributed by atoms with E-state index in [0.717, 1.165) is 53.9 Å². The van der Waals surface area contributed by atoms with Gasteiger partial charge in [0.25, 0.3) is 0 Å². The molecule has 0 unspecified atom stereocenters. The van der Waals surface area contributed by atoms with Crippen LogP contribution in [-0.4, -0.2) is 54.3 Å². The number of rotatable bonds is 3. The third-order valence-electron chi connectivity index (χ3n) is 3.75. The summed E-state index contributed by atoms with van der Waals surface area (Å²) >= 11 is 3.49. The molecule has 4 nitrogen and oxygen atoms in total. The molecule has 3 rings (SSSR count). The number of benzene rings is 1. The van der Waals surface area contributed by atoms with Crippen molar-refractivity contribution in [2.75, 3.05) is 44.2 Å². The molecule has 1 aliphatic heterocycles. The lowest BCUT2D eigenvalue weighted by atomic mass is 10.2. The minimum Gasteiger partial charge on any atom is -0.395 e. The lowest BCUT2D eigenvalue weighted by molar-refractivity contribution is 0.188. The van der Waals surface area contributed by atoms with Gasteiger partial charge in [-0.2, -0.15) is 0 Å². The van der Waals surface area contributed by atoms with Gasteiger partial charge < -0.3 is 10.0 Å². The van der Waals surface area contributed by atoms with Crippen LogP contribution < -0.4 is 4.90 Å². The Balaban J connectivity index is 1.77. The number of anilines is 1. The van der Waals surface area contributed by atoms with Gasteiger partial charge in [0, 0.05) is 42.6 Å². The molecular formula is C15H18BrN3O. The Kier molecular flexibility index (Phi) is 4.19. The summed E-state index contributed by atoms with van der Waals surface area (Å²) in [7, 11) is 0. The van der Waals surface area contributed by atoms with E-state index in [9.17, 15) is 0 Å². The lowest BCUT2D eigenvalue weighted by Crippen LogP contribution is -2.47. The highest BCUT2D eigenvalue weighted by atomic mass is 79.9. The molecule has 2 heterocycles. The van der Waals surface area contributed by atoms with Gasteiger partial charge in [0.1, 0.15) is 5.82 Å². The van der Waals surface area contributed by atoms with Gasteiger partial charge in [0.15, 0.2) is 0 Å². The quantitative estimate of drug-likeness (QED) is 0.932. The first kappa shape index (κ1) is 13.8. The Morgan fingerprint density at radius 1 is 1.10 bits per heavy atom. The number of pyridine rings is 1. The number of hydrogen-bond donors (Lipinski definition) is 1. The maximum Gasteiger partial charge on any atom is 0.129 e. The van der Waals surface area contributed by atoms with E-state index in [-0.39, 0.29) is 6.61 Å². The zero-order valence-electron chi connectivity index (χ0n) is 11.3. The van der Waals surface area contributed by atoms with Crippen molar-refractivity contribution in [3.8, 4) is 0 Å². The summed E-state index contributed by atoms with van der Waals surface area (Å²) in [5.74, 6) is 1.04. The Hall–Kier alpha value is -1.17. The van der Waals surface area contributed by atoms with Crippen molar-refractivity contribution in [2.24, 2.45) is 0 Å². The zero-order valence-corrected chi connectivity index (χ0v) is 12.9. The number of halogens is 1. The van der Waals surface area contributed by atoms with E-state index in [1.165, 1.54) is 0 Å². The van der Waals surface area contributed by atoms with Gasteiger partial charge in [-0.15, -0.1) is 0 Å². The summed E-state index contributed by atoms with van der Waals surface area (Å²) in [6.45, 7) is 4.91. The molecule has 1 aromatic carbocycles. The monoisotopic (exact) mass is 335 g/mol. The lowest BCUT2D eigenvalue weighted by Gasteiger charge is -2.35. The van der Waals surface area contributed by atoms with Crippen LogP contribution in [0.25, 0.3) is 10.9 Å². The van der Waals surface area contributed by atoms with E-state index in [1.807, 2.05) is 6.07 Å². The van der Waals surface area contributed by atoms with Gasteiger partial charge in [-0.1, -0.05) is 22.0 Å². The van der Waals surface area contributed by atoms with Crippen molar-refractivity contribution in [3.05, 3.63) is 34.8 Å². The predicted molar refractivity (Wildman–Crippen MR) is 85.2 cm³/mol. The van der Waals surface area contributed by atoms with Crippen LogP contribution in [0.3, 0.4) is 0 Å². The Labute approximate surface area is 127 Å². The second kappa shape index (κ2) is 6.08. The highest BCUT2D eigenvalue weighted by Gasteiger charge is 2.17. The average molecular weight is 336 g/mol. The smallest absolute Gasteiger partial charge is 0.129 e. The normalized spacial score (nSPS) is 16.8. The zero-order chi connectivity index (χ0) is 13.9. The summed E-state index contributed by atoms with van der Waals surface area (Å²) < 4.78 is 1.06. The first-order valence-corrected chi connectivity index (χ1v) is 7.70. The van der Waals surface area contributed by atoms with Crippen molar-refractivity contribution in [1.29, 1.82) is 0 Å². The fourth-order valence-corrected chi connectivity index (χ4v) is 2.95. The highest BCUT2D eigenvalue weighted by molar-refractivity contribution is 9.10. The molecule has 20 heavy (non-hydrogen) atoms. The molecule has 0 amide bonds. The van der Waals surface area contributed by atoms with Gasteiger partial charge in [-0.05, 0) is 24.3 Å². The summed E-state index contributed by atoms with van der Waals surface area (Å²) in [5.41, 5.74) is 1.02. The van der Waals surface area contributed by atoms with Crippen LogP contribution in [-0.2, 0) is 0 Å². The van der Waals surface area contributed by atoms with E-state index in [2.05, 4.69) is 50.0 Å². The topological polar surface area (TPSA) is 39.6 Å². The van der Waals surface area contributed by atoms with Crippen LogP contribution in [0.4, 0.5) is 5.82 Å². The third kappa shape index (κ3) is 2.95. The molecule has 1 aliphatic rings. The molecular weight excluding hydrogens is 318 g/mol. The van der Waals surface area contributed by atoms with Gasteiger partial charge >= 0.3 is 0 Å². The maximum absolute atomic E-state index is 8.97. The van der Waals surface area contributed by atoms with E-state index < -0.39 is 0 Å². The highest BCUT2D eigenvalue weighted by Crippen LogP contribution is 2.22. The molecule has 0 aliphatic carbocycles. The molecule has 0 spiro atoms. The summed E-state index contributed by atoms with van der Waals surface area (Å²) in [4.78, 5) is 9.36. The molecule has 5 heteroatoms. The van der Waals surface area contributed by atoms with Crippen LogP contribution in [0.1, 0.15) is 0 Å². The van der Waals surface area contributed by atoms with Gasteiger partial charge in [0.2, 0.25) is 0 Å². The minimum absolute atomic E-state index is 0.238. The summed E-state index contributed by atoms with van der Waals surface area (Å²) in [6.07, 6.45) is 0. The number of piperazine rings is 1. The van der Waals surface area contributed by atoms with Crippen molar-refractivity contribution in [1.82, 2.24) is 9.88 Å². The molecule has 0 atom stereocenters. The fourth-order valence-electron chi connectivity index (χ4n) is 2.60. The largest absolute Gasteiger partial charge is 0.395 e. The second-order valence-corrected chi connectivity index (χ2v) is 5.97. The van der Waals surface area contributed by atoms with E-state index >= 15 is 0 Å². The summed E-state index contributed by atoms with van der Waals surface area (Å²) in [5, 5.41) is 10.1. The third-order valence-corrected chi connectivity index (χ3v) is 4.25. The van der Waals surface area contributed by atoms with Crippen LogP contribution in [0.15, 0.2) is 34.8 Å². The van der Waals surface area contributed by atoms with Crippen LogP contribution in [0, 0.1) is 0 Å². The van der Waals surface area contributed by atoms with Crippen molar-refractivity contribution < 1.29 is 5.11 Å². The molecule has 2 aromatic rings. The van der Waals surface area contributed by atoms with Crippen molar-refractivity contribution in [3.63, 3.8) is 0 Å². The van der Waals surface area contributed by atoms with Crippen LogP contribution in [0.2, 0.25) is 0 Å². The van der Waals surface area contributed by atoms with E-state index in [1.54, 1.807) is 0 Å². The van der Waals surface area contributed by atoms with Crippen LogP contribution in [0.5, 0.6) is 0 Å². The molecule has 1 aromatic heterocycles. The Bertz CT molecular complexity index is 597. The van der Waals surface area contributed by atoms with Gasteiger partial charge in [-0.25, -0.2) is 4.98 Å². The maximum atomic E-state index is 8.97. The Morgan fingerprint density at radius 3 is 2.60 bits per heavy atom. The standard InChI is InChI=1S/C15H18BrN3O/c16-13-3-1-12-2-4-15(17-14(12)11-13)19-7-5-18(6-8-19)9-10-20/h1-4,11,20H,5-10H2. The number of nitrogens with zero attached hydrogens (tertiary/aromatic N) is 3. The van der Waals surface area contributed by atoms with Crippen LogP contribution >= 0.6 is 15.9 Å². The number of aromatic nitrogens is 1. The number of hydrogen-bond acceptors (Lipinski definition) is 4. The first-order valence-electron chi connectivity index (χ1n) is 6.91.